The van der Waals surface area contributed by atoms with Gasteiger partial charge in [-0.15, -0.1) is 0 Å². The number of carboxylic acids is 1. The molecule has 1 aromatic heterocycles. The van der Waals surface area contributed by atoms with Crippen LogP contribution in [0.1, 0.15) is 29.8 Å². The largest absolute Gasteiger partial charge is 0.480 e. The van der Waals surface area contributed by atoms with Crippen LogP contribution in [0, 0.1) is 12.8 Å². The van der Waals surface area contributed by atoms with Crippen molar-refractivity contribution >= 4 is 27.7 Å². The highest BCUT2D eigenvalue weighted by Gasteiger charge is 2.31. The fourth-order valence-electron chi connectivity index (χ4n) is 2.68. The third-order valence-corrected chi connectivity index (χ3v) is 6.11. The smallest absolute Gasteiger partial charge is 0.326 e. The molecule has 28 heavy (non-hydrogen) atoms. The summed E-state index contributed by atoms with van der Waals surface area (Å²) in [7, 11) is -1.12. The van der Waals surface area contributed by atoms with E-state index in [4.69, 9.17) is 0 Å². The maximum atomic E-state index is 13.0. The van der Waals surface area contributed by atoms with Crippen molar-refractivity contribution in [3.63, 3.8) is 0 Å². The molecule has 1 amide bonds. The van der Waals surface area contributed by atoms with Crippen LogP contribution in [0.4, 0.5) is 5.82 Å². The highest BCUT2D eigenvalue weighted by atomic mass is 32.2. The van der Waals surface area contributed by atoms with Crippen LogP contribution in [-0.2, 0) is 21.9 Å². The molecule has 0 bridgehead atoms. The van der Waals surface area contributed by atoms with Crippen molar-refractivity contribution in [1.29, 1.82) is 0 Å². The van der Waals surface area contributed by atoms with E-state index in [0.29, 0.717) is 0 Å². The van der Waals surface area contributed by atoms with Gasteiger partial charge in [-0.2, -0.15) is 5.10 Å². The van der Waals surface area contributed by atoms with Crippen molar-refractivity contribution in [2.24, 2.45) is 13.0 Å². The molecule has 2 rings (SSSR count). The molecular weight excluding hydrogens is 384 g/mol. The Morgan fingerprint density at radius 2 is 1.79 bits per heavy atom. The van der Waals surface area contributed by atoms with Crippen molar-refractivity contribution in [3.05, 3.63) is 41.6 Å². The Bertz CT molecular complexity index is 980. The highest BCUT2D eigenvalue weighted by molar-refractivity contribution is 7.92. The van der Waals surface area contributed by atoms with Crippen LogP contribution in [0.15, 0.2) is 35.4 Å². The minimum absolute atomic E-state index is 0.0333. The van der Waals surface area contributed by atoms with Gasteiger partial charge in [-0.1, -0.05) is 31.5 Å². The number of nitrogens with zero attached hydrogens (tertiary/aromatic N) is 3. The van der Waals surface area contributed by atoms with Gasteiger partial charge >= 0.3 is 5.97 Å². The predicted molar refractivity (Wildman–Crippen MR) is 104 cm³/mol. The van der Waals surface area contributed by atoms with Crippen molar-refractivity contribution in [3.8, 4) is 0 Å². The lowest BCUT2D eigenvalue weighted by atomic mass is 10.0. The van der Waals surface area contributed by atoms with Gasteiger partial charge in [0.15, 0.2) is 5.82 Å². The van der Waals surface area contributed by atoms with E-state index in [0.717, 1.165) is 9.87 Å². The Hall–Kier alpha value is -2.88. The maximum absolute atomic E-state index is 13.0. The molecule has 0 radical (unpaired) electrons. The van der Waals surface area contributed by atoms with Crippen molar-refractivity contribution < 1.29 is 23.1 Å². The standard InChI is InChI=1S/C18H24N4O5S/c1-11(2)15(18(24)25)20-16(23)14-10-19-21(4)17(14)22(5)28(26,27)13-8-6-12(3)7-9-13/h6-11,15H,1-5H3,(H,20,23)(H,24,25). The van der Waals surface area contributed by atoms with Gasteiger partial charge in [-0.05, 0) is 25.0 Å². The van der Waals surface area contributed by atoms with E-state index in [9.17, 15) is 23.1 Å². The predicted octanol–water partition coefficient (Wildman–Crippen LogP) is 1.39. The Kier molecular flexibility index (Phi) is 6.13. The number of aryl methyl sites for hydroxylation is 2. The fraction of sp³-hybridized carbons (Fsp3) is 0.389. The molecule has 2 aromatic rings. The van der Waals surface area contributed by atoms with Gasteiger partial charge in [0.1, 0.15) is 11.6 Å². The molecule has 0 fully saturated rings. The first kappa shape index (κ1) is 21.4. The van der Waals surface area contributed by atoms with Gasteiger partial charge < -0.3 is 10.4 Å². The summed E-state index contributed by atoms with van der Waals surface area (Å²) in [6, 6.07) is 5.21. The van der Waals surface area contributed by atoms with E-state index < -0.39 is 27.9 Å². The molecule has 0 saturated carbocycles. The molecule has 1 unspecified atom stereocenters. The van der Waals surface area contributed by atoms with Crippen LogP contribution >= 0.6 is 0 Å². The zero-order chi connectivity index (χ0) is 21.2. The summed E-state index contributed by atoms with van der Waals surface area (Å²) in [4.78, 5) is 24.1. The van der Waals surface area contributed by atoms with Gasteiger partial charge in [0.05, 0.1) is 11.1 Å². The molecule has 1 heterocycles. The average Bonchev–Trinajstić information content (AvgIpc) is 3.00. The zero-order valence-corrected chi connectivity index (χ0v) is 17.2. The van der Waals surface area contributed by atoms with Gasteiger partial charge in [-0.25, -0.2) is 13.2 Å². The first-order valence-electron chi connectivity index (χ1n) is 8.58. The number of carboxylic acid groups (broad SMARTS) is 1. The summed E-state index contributed by atoms with van der Waals surface area (Å²) in [5.41, 5.74) is 0.878. The molecule has 0 aliphatic carbocycles. The van der Waals surface area contributed by atoms with Crippen molar-refractivity contribution in [2.75, 3.05) is 11.4 Å². The Morgan fingerprint density at radius 3 is 2.29 bits per heavy atom. The lowest BCUT2D eigenvalue weighted by Crippen LogP contribution is -2.44. The Labute approximate surface area is 164 Å². The average molecular weight is 408 g/mol. The summed E-state index contributed by atoms with van der Waals surface area (Å²) in [5.74, 6) is -2.20. The van der Waals surface area contributed by atoms with Crippen molar-refractivity contribution in [2.45, 2.75) is 31.7 Å². The number of sulfonamides is 1. The molecule has 10 heteroatoms. The quantitative estimate of drug-likeness (QED) is 0.714. The number of rotatable bonds is 7. The highest BCUT2D eigenvalue weighted by Crippen LogP contribution is 2.25. The number of aliphatic carboxylic acids is 1. The number of amides is 1. The molecular formula is C18H24N4O5S. The molecule has 0 spiro atoms. The SMILES string of the molecule is Cc1ccc(S(=O)(=O)N(C)c2c(C(=O)NC(C(=O)O)C(C)C)cnn2C)cc1. The van der Waals surface area contributed by atoms with Crippen LogP contribution in [0.25, 0.3) is 0 Å². The van der Waals surface area contributed by atoms with E-state index >= 15 is 0 Å². The number of anilines is 1. The summed E-state index contributed by atoms with van der Waals surface area (Å²) in [6.07, 6.45) is 1.21. The lowest BCUT2D eigenvalue weighted by molar-refractivity contribution is -0.140. The number of hydrogen-bond donors (Lipinski definition) is 2. The number of hydrogen-bond acceptors (Lipinski definition) is 5. The summed E-state index contributed by atoms with van der Waals surface area (Å²) < 4.78 is 28.2. The monoisotopic (exact) mass is 408 g/mol. The number of carbonyl (C=O) groups is 2. The van der Waals surface area contributed by atoms with Gasteiger partial charge in [0.25, 0.3) is 15.9 Å². The minimum Gasteiger partial charge on any atom is -0.480 e. The summed E-state index contributed by atoms with van der Waals surface area (Å²) in [5, 5.41) is 15.7. The van der Waals surface area contributed by atoms with Gasteiger partial charge in [0.2, 0.25) is 0 Å². The van der Waals surface area contributed by atoms with Crippen LogP contribution in [0.2, 0.25) is 0 Å². The topological polar surface area (TPSA) is 122 Å². The molecule has 0 saturated heterocycles. The van der Waals surface area contributed by atoms with Crippen molar-refractivity contribution in [1.82, 2.24) is 15.1 Å². The second-order valence-corrected chi connectivity index (χ2v) is 8.79. The third-order valence-electron chi connectivity index (χ3n) is 4.35. The molecule has 2 N–H and O–H groups in total. The van der Waals surface area contributed by atoms with E-state index in [1.54, 1.807) is 26.0 Å². The van der Waals surface area contributed by atoms with E-state index in [2.05, 4.69) is 10.4 Å². The van der Waals surface area contributed by atoms with Gasteiger partial charge in [0, 0.05) is 14.1 Å². The molecule has 1 atom stereocenters. The van der Waals surface area contributed by atoms with Crippen LogP contribution < -0.4 is 9.62 Å². The number of nitrogens with one attached hydrogen (secondary N) is 1. The van der Waals surface area contributed by atoms with Crippen LogP contribution in [-0.4, -0.2) is 48.3 Å². The van der Waals surface area contributed by atoms with Gasteiger partial charge in [-0.3, -0.25) is 13.8 Å². The first-order valence-corrected chi connectivity index (χ1v) is 10.0. The fourth-order valence-corrected chi connectivity index (χ4v) is 3.92. The van der Waals surface area contributed by atoms with E-state index in [1.807, 2.05) is 6.92 Å². The molecule has 152 valence electrons. The van der Waals surface area contributed by atoms with E-state index in [-0.39, 0.29) is 22.2 Å². The van der Waals surface area contributed by atoms with E-state index in [1.165, 1.54) is 37.1 Å². The second-order valence-electron chi connectivity index (χ2n) is 6.82. The zero-order valence-electron chi connectivity index (χ0n) is 16.4. The Balaban J connectivity index is 2.42. The molecule has 9 nitrogen and oxygen atoms in total. The normalized spacial score (nSPS) is 12.6. The molecule has 0 aliphatic heterocycles. The lowest BCUT2D eigenvalue weighted by Gasteiger charge is -2.22. The molecule has 1 aromatic carbocycles. The minimum atomic E-state index is -3.94. The summed E-state index contributed by atoms with van der Waals surface area (Å²) in [6.45, 7) is 5.17. The molecule has 0 aliphatic rings. The van der Waals surface area contributed by atoms with Crippen LogP contribution in [0.3, 0.4) is 0 Å². The second kappa shape index (κ2) is 8.01. The number of benzene rings is 1. The van der Waals surface area contributed by atoms with Crippen LogP contribution in [0.5, 0.6) is 0 Å². The third kappa shape index (κ3) is 4.16. The summed E-state index contributed by atoms with van der Waals surface area (Å²) >= 11 is 0. The number of carbonyl (C=O) groups excluding carboxylic acids is 1. The maximum Gasteiger partial charge on any atom is 0.326 e. The first-order chi connectivity index (χ1) is 13.0. The number of aromatic nitrogens is 2. The Morgan fingerprint density at radius 1 is 1.21 bits per heavy atom.